The second-order valence-corrected chi connectivity index (χ2v) is 9.69. The zero-order valence-corrected chi connectivity index (χ0v) is 22.5. The molecule has 1 aromatic heterocycles. The first-order chi connectivity index (χ1) is 15.9. The first kappa shape index (κ1) is 29.3. The lowest BCUT2D eigenvalue weighted by Crippen LogP contribution is -2.40. The second-order valence-electron chi connectivity index (χ2n) is 8.49. The zero-order valence-electron chi connectivity index (χ0n) is 21.7. The van der Waals surface area contributed by atoms with Gasteiger partial charge in [-0.2, -0.15) is 0 Å². The van der Waals surface area contributed by atoms with Gasteiger partial charge in [0.25, 0.3) is 0 Å². The molecule has 0 radical (unpaired) electrons. The van der Waals surface area contributed by atoms with E-state index in [-0.39, 0.29) is 29.5 Å². The number of nitrogens with zero attached hydrogens (tertiary/aromatic N) is 2. The van der Waals surface area contributed by atoms with Crippen LogP contribution in [-0.2, 0) is 9.53 Å². The van der Waals surface area contributed by atoms with Gasteiger partial charge in [-0.15, -0.1) is 11.3 Å². The van der Waals surface area contributed by atoms with Crippen LogP contribution in [0.15, 0.2) is 29.3 Å². The molecule has 3 rings (SSSR count). The summed E-state index contributed by atoms with van der Waals surface area (Å²) in [6.07, 6.45) is 0.792. The molecule has 2 heterocycles. The normalized spacial score (nSPS) is 15.1. The van der Waals surface area contributed by atoms with Crippen molar-refractivity contribution in [2.24, 2.45) is 4.99 Å². The number of carbonyl (C=O) groups is 1. The van der Waals surface area contributed by atoms with Gasteiger partial charge < -0.3 is 9.53 Å². The lowest BCUT2D eigenvalue weighted by molar-refractivity contribution is -0.107. The van der Waals surface area contributed by atoms with E-state index >= 15 is 0 Å². The van der Waals surface area contributed by atoms with Gasteiger partial charge in [-0.25, -0.2) is 4.39 Å². The van der Waals surface area contributed by atoms with Crippen LogP contribution in [0, 0.1) is 30.5 Å². The van der Waals surface area contributed by atoms with Gasteiger partial charge in [0.05, 0.1) is 11.3 Å². The number of aryl methyl sites for hydroxylation is 1. The summed E-state index contributed by atoms with van der Waals surface area (Å²) in [6, 6.07) is 5.36. The summed E-state index contributed by atoms with van der Waals surface area (Å²) >= 11 is 1.49. The van der Waals surface area contributed by atoms with E-state index in [9.17, 15) is 9.18 Å². The summed E-state index contributed by atoms with van der Waals surface area (Å²) in [7, 11) is 1.71. The Balaban J connectivity index is 0.000000631. The Morgan fingerprint density at radius 3 is 2.21 bits per heavy atom. The summed E-state index contributed by atoms with van der Waals surface area (Å²) in [6.45, 7) is 15.6. The van der Waals surface area contributed by atoms with Crippen LogP contribution in [0.3, 0.4) is 0 Å². The molecule has 186 valence electrons. The molecule has 0 spiro atoms. The maximum absolute atomic E-state index is 13.4. The van der Waals surface area contributed by atoms with Crippen LogP contribution < -0.4 is 4.90 Å². The van der Waals surface area contributed by atoms with Gasteiger partial charge >= 0.3 is 0 Å². The van der Waals surface area contributed by atoms with Crippen molar-refractivity contribution in [3.63, 3.8) is 0 Å². The molecule has 1 atom stereocenters. The van der Waals surface area contributed by atoms with Crippen LogP contribution in [0.2, 0.25) is 0 Å². The quantitative estimate of drug-likeness (QED) is 0.292. The standard InChI is InChI=1S/C19H19FN4OS.C5H12O.C2H6/c1-10-11(2)26-19-16(10)17(13-4-6-14(20)7-5-13)23-15(8-9-25)18(22)24(19)12(3)21;1-5(2,3)6-4;1-2/h4-7,9,15,21-22H,8H2,1-3H3;1-4H3;1-2H3. The van der Waals surface area contributed by atoms with Gasteiger partial charge in [-0.1, -0.05) is 13.8 Å². The average molecular weight is 489 g/mol. The Morgan fingerprint density at radius 2 is 1.76 bits per heavy atom. The molecule has 0 aliphatic carbocycles. The first-order valence-corrected chi connectivity index (χ1v) is 12.1. The molecular formula is C26H37FN4O2S. The number of hydrogen-bond acceptors (Lipinski definition) is 6. The monoisotopic (exact) mass is 488 g/mol. The molecule has 6 nitrogen and oxygen atoms in total. The Bertz CT molecular complexity index is 1040. The molecule has 0 fully saturated rings. The van der Waals surface area contributed by atoms with Crippen molar-refractivity contribution in [3.05, 3.63) is 51.7 Å². The summed E-state index contributed by atoms with van der Waals surface area (Å²) in [4.78, 5) is 18.5. The third-order valence-corrected chi connectivity index (χ3v) is 6.23. The van der Waals surface area contributed by atoms with Gasteiger partial charge in [0.15, 0.2) is 0 Å². The van der Waals surface area contributed by atoms with Crippen LogP contribution in [0.5, 0.6) is 0 Å². The molecule has 1 aromatic carbocycles. The average Bonchev–Trinajstić information content (AvgIpc) is 3.00. The molecule has 1 aliphatic heterocycles. The predicted octanol–water partition coefficient (Wildman–Crippen LogP) is 6.55. The molecule has 2 N–H and O–H groups in total. The number of hydrogen-bond donors (Lipinski definition) is 2. The van der Waals surface area contributed by atoms with Crippen molar-refractivity contribution in [2.45, 2.75) is 73.5 Å². The number of amidine groups is 2. The number of anilines is 1. The number of halogens is 1. The van der Waals surface area contributed by atoms with Gasteiger partial charge in [0.1, 0.15) is 34.8 Å². The van der Waals surface area contributed by atoms with Crippen LogP contribution in [0.4, 0.5) is 9.39 Å². The van der Waals surface area contributed by atoms with E-state index in [0.29, 0.717) is 5.71 Å². The lowest BCUT2D eigenvalue weighted by Gasteiger charge is -2.24. The smallest absolute Gasteiger partial charge is 0.132 e. The summed E-state index contributed by atoms with van der Waals surface area (Å²) in [5, 5.41) is 17.4. The predicted molar refractivity (Wildman–Crippen MR) is 142 cm³/mol. The van der Waals surface area contributed by atoms with Crippen LogP contribution in [-0.4, -0.2) is 42.4 Å². The molecule has 1 aliphatic rings. The Hall–Kier alpha value is -2.71. The largest absolute Gasteiger partial charge is 0.379 e. The third-order valence-electron chi connectivity index (χ3n) is 5.03. The fourth-order valence-corrected chi connectivity index (χ4v) is 4.22. The van der Waals surface area contributed by atoms with Crippen molar-refractivity contribution < 1.29 is 13.9 Å². The highest BCUT2D eigenvalue weighted by molar-refractivity contribution is 7.17. The van der Waals surface area contributed by atoms with E-state index in [2.05, 4.69) is 0 Å². The van der Waals surface area contributed by atoms with Crippen molar-refractivity contribution >= 4 is 40.0 Å². The van der Waals surface area contributed by atoms with Crippen molar-refractivity contribution in [3.8, 4) is 0 Å². The molecule has 0 bridgehead atoms. The summed E-state index contributed by atoms with van der Waals surface area (Å²) in [5.41, 5.74) is 3.24. The minimum Gasteiger partial charge on any atom is -0.379 e. The molecule has 2 aromatic rings. The van der Waals surface area contributed by atoms with Crippen molar-refractivity contribution in [2.75, 3.05) is 12.0 Å². The number of carbonyl (C=O) groups excluding carboxylic acids is 1. The number of ether oxygens (including phenoxy) is 1. The number of fused-ring (bicyclic) bond motifs is 1. The number of methoxy groups -OCH3 is 1. The number of aliphatic imine (C=N–C) groups is 1. The van der Waals surface area contributed by atoms with Gasteiger partial charge in [0, 0.05) is 29.5 Å². The summed E-state index contributed by atoms with van der Waals surface area (Å²) in [5.74, 6) is -0.0382. The number of aldehydes is 1. The molecule has 0 saturated carbocycles. The van der Waals surface area contributed by atoms with Crippen LogP contribution in [0.1, 0.15) is 69.5 Å². The molecule has 8 heteroatoms. The van der Waals surface area contributed by atoms with Gasteiger partial charge in [0.2, 0.25) is 0 Å². The fraction of sp³-hybridized carbons (Fsp3) is 0.462. The number of rotatable bonds is 3. The molecule has 34 heavy (non-hydrogen) atoms. The van der Waals surface area contributed by atoms with Crippen molar-refractivity contribution in [1.82, 2.24) is 0 Å². The first-order valence-electron chi connectivity index (χ1n) is 11.3. The van der Waals surface area contributed by atoms with Gasteiger partial charge in [-0.3, -0.25) is 20.7 Å². The van der Waals surface area contributed by atoms with E-state index in [1.807, 2.05) is 48.5 Å². The summed E-state index contributed by atoms with van der Waals surface area (Å²) < 4.78 is 18.3. The maximum Gasteiger partial charge on any atom is 0.132 e. The Morgan fingerprint density at radius 1 is 1.24 bits per heavy atom. The zero-order chi connectivity index (χ0) is 26.2. The van der Waals surface area contributed by atoms with E-state index in [1.54, 1.807) is 31.1 Å². The second kappa shape index (κ2) is 12.7. The highest BCUT2D eigenvalue weighted by atomic mass is 32.1. The van der Waals surface area contributed by atoms with Gasteiger partial charge in [-0.05, 0) is 71.4 Å². The lowest BCUT2D eigenvalue weighted by atomic mass is 9.99. The minimum absolute atomic E-state index is 0.0417. The van der Waals surface area contributed by atoms with Crippen LogP contribution >= 0.6 is 11.3 Å². The molecule has 0 saturated heterocycles. The minimum atomic E-state index is -0.688. The molecule has 1 unspecified atom stereocenters. The Labute approximate surface area is 206 Å². The van der Waals surface area contributed by atoms with E-state index < -0.39 is 6.04 Å². The van der Waals surface area contributed by atoms with E-state index in [4.69, 9.17) is 20.5 Å². The van der Waals surface area contributed by atoms with E-state index in [1.165, 1.54) is 23.5 Å². The number of thiophene rings is 1. The molecular weight excluding hydrogens is 451 g/mol. The highest BCUT2D eigenvalue weighted by Gasteiger charge is 2.33. The van der Waals surface area contributed by atoms with Crippen molar-refractivity contribution in [1.29, 1.82) is 10.8 Å². The van der Waals surface area contributed by atoms with Crippen LogP contribution in [0.25, 0.3) is 0 Å². The van der Waals surface area contributed by atoms with E-state index in [0.717, 1.165) is 32.9 Å². The topological polar surface area (TPSA) is 89.6 Å². The maximum atomic E-state index is 13.4. The SMILES string of the molecule is CC.CC(=N)N1C(=N)C(CC=O)N=C(c2ccc(F)cc2)c2c1sc(C)c2C.COC(C)(C)C. The molecule has 0 amide bonds. The Kier molecular flexibility index (Phi) is 10.9. The number of nitrogens with one attached hydrogen (secondary N) is 2. The third kappa shape index (κ3) is 7.14. The number of benzene rings is 1. The highest BCUT2D eigenvalue weighted by Crippen LogP contribution is 2.40. The fourth-order valence-electron chi connectivity index (χ4n) is 3.00.